The van der Waals surface area contributed by atoms with E-state index in [1.54, 1.807) is 0 Å². The molecule has 4 nitrogen and oxygen atoms in total. The molecule has 5 aromatic carbocycles. The van der Waals surface area contributed by atoms with Gasteiger partial charge in [-0.1, -0.05) is 105 Å². The van der Waals surface area contributed by atoms with Crippen LogP contribution in [0.4, 0.5) is 0 Å². The molecule has 0 bridgehead atoms. The Balaban J connectivity index is 0.00000312. The minimum atomic E-state index is 0. The van der Waals surface area contributed by atoms with Crippen LogP contribution in [0.3, 0.4) is 0 Å². The third-order valence-electron chi connectivity index (χ3n) is 8.56. The molecular formula is C39H30N4Pt. The van der Waals surface area contributed by atoms with Gasteiger partial charge in [-0.05, 0) is 44.8 Å². The molecule has 8 rings (SSSR count). The molecule has 0 radical (unpaired) electrons. The summed E-state index contributed by atoms with van der Waals surface area (Å²) in [5, 5.41) is 3.48. The topological polar surface area (TPSA) is 44.8 Å². The number of imidazole rings is 1. The van der Waals surface area contributed by atoms with E-state index < -0.39 is 0 Å². The number of hydrogen-bond donors (Lipinski definition) is 0. The van der Waals surface area contributed by atoms with Crippen LogP contribution in [-0.2, 0) is 33.5 Å². The maximum absolute atomic E-state index is 5.26. The van der Waals surface area contributed by atoms with Crippen LogP contribution in [0, 0.1) is 6.07 Å². The van der Waals surface area contributed by atoms with Crippen LogP contribution in [0.15, 0.2) is 109 Å². The molecule has 44 heavy (non-hydrogen) atoms. The van der Waals surface area contributed by atoms with Gasteiger partial charge in [-0.3, -0.25) is 9.97 Å². The van der Waals surface area contributed by atoms with E-state index in [0.717, 1.165) is 66.6 Å². The minimum absolute atomic E-state index is 0. The standard InChI is InChI=1S/C39H30N4.Pt/c1-39(2,3)27-22-25-13-10-20-40-35(25)32(23-27)24-11-7-12-26(21-24)38-42-37-31(17-9-19-34(37)43(38)4)30-16-8-15-29-28-14-5-6-18-33(28)41-36(29)30;/h5-20,22-23H,1-4H3;/q-2;+2. The molecule has 0 unspecified atom stereocenters. The van der Waals surface area contributed by atoms with Gasteiger partial charge in [-0.25, -0.2) is 0 Å². The molecular weight excluding hydrogens is 720 g/mol. The van der Waals surface area contributed by atoms with Crippen molar-refractivity contribution in [2.45, 2.75) is 26.2 Å². The van der Waals surface area contributed by atoms with Gasteiger partial charge < -0.3 is 9.55 Å². The molecule has 216 valence electrons. The first-order valence-electron chi connectivity index (χ1n) is 14.7. The summed E-state index contributed by atoms with van der Waals surface area (Å²) in [5.74, 6) is 0.876. The molecule has 0 saturated heterocycles. The maximum Gasteiger partial charge on any atom is 2.00 e. The quantitative estimate of drug-likeness (QED) is 0.169. The van der Waals surface area contributed by atoms with Gasteiger partial charge in [0.1, 0.15) is 0 Å². The number of rotatable bonds is 3. The number of para-hydroxylation sites is 3. The van der Waals surface area contributed by atoms with Crippen molar-refractivity contribution in [1.82, 2.24) is 19.5 Å². The van der Waals surface area contributed by atoms with E-state index in [4.69, 9.17) is 15.0 Å². The smallest absolute Gasteiger partial charge is 0.656 e. The van der Waals surface area contributed by atoms with Crippen molar-refractivity contribution in [2.24, 2.45) is 7.05 Å². The van der Waals surface area contributed by atoms with Crippen molar-refractivity contribution in [3.05, 3.63) is 121 Å². The predicted octanol–water partition coefficient (Wildman–Crippen LogP) is 9.48. The number of hydrogen-bond acceptors (Lipinski definition) is 2. The van der Waals surface area contributed by atoms with E-state index in [1.807, 2.05) is 18.3 Å². The van der Waals surface area contributed by atoms with E-state index in [2.05, 4.69) is 129 Å². The molecule has 0 fully saturated rings. The van der Waals surface area contributed by atoms with Gasteiger partial charge in [0.05, 0.1) is 16.9 Å². The monoisotopic (exact) mass is 749 g/mol. The number of aryl methyl sites for hydroxylation is 1. The molecule has 0 N–H and O–H groups in total. The summed E-state index contributed by atoms with van der Waals surface area (Å²) in [6, 6.07) is 39.9. The molecule has 8 aromatic rings. The summed E-state index contributed by atoms with van der Waals surface area (Å²) in [6.07, 6.45) is 1.87. The zero-order valence-electron chi connectivity index (χ0n) is 25.0. The summed E-state index contributed by atoms with van der Waals surface area (Å²) in [7, 11) is 2.09. The van der Waals surface area contributed by atoms with Crippen LogP contribution in [0.5, 0.6) is 0 Å². The van der Waals surface area contributed by atoms with E-state index in [0.29, 0.717) is 0 Å². The zero-order chi connectivity index (χ0) is 29.3. The van der Waals surface area contributed by atoms with Crippen LogP contribution in [0.2, 0.25) is 0 Å². The maximum atomic E-state index is 5.26. The first kappa shape index (κ1) is 28.3. The summed E-state index contributed by atoms with van der Waals surface area (Å²) in [4.78, 5) is 15.1. The fraction of sp³-hybridized carbons (Fsp3) is 0.128. The Labute approximate surface area is 271 Å². The average molecular weight is 750 g/mol. The molecule has 0 aliphatic heterocycles. The van der Waals surface area contributed by atoms with Gasteiger partial charge in [0.25, 0.3) is 0 Å². The summed E-state index contributed by atoms with van der Waals surface area (Å²) in [6.45, 7) is 6.75. The molecule has 0 saturated carbocycles. The number of pyridine rings is 1. The molecule has 0 aliphatic rings. The Hall–Kier alpha value is -4.53. The number of nitrogens with zero attached hydrogens (tertiary/aromatic N) is 4. The van der Waals surface area contributed by atoms with Crippen molar-refractivity contribution in [2.75, 3.05) is 0 Å². The Morgan fingerprint density at radius 3 is 2.32 bits per heavy atom. The minimum Gasteiger partial charge on any atom is -0.656 e. The number of aromatic nitrogens is 4. The normalized spacial score (nSPS) is 11.9. The first-order chi connectivity index (χ1) is 20.9. The average Bonchev–Trinajstić information content (AvgIpc) is 3.58. The summed E-state index contributed by atoms with van der Waals surface area (Å²) >= 11 is 0. The largest absolute Gasteiger partial charge is 2.00 e. The van der Waals surface area contributed by atoms with Crippen LogP contribution in [0.25, 0.3) is 77.4 Å². The Kier molecular flexibility index (Phi) is 6.79. The molecule has 0 aliphatic carbocycles. The zero-order valence-corrected chi connectivity index (χ0v) is 27.3. The molecule has 3 heterocycles. The predicted molar refractivity (Wildman–Crippen MR) is 178 cm³/mol. The second-order valence-corrected chi connectivity index (χ2v) is 12.3. The number of fused-ring (bicyclic) bond motifs is 5. The fourth-order valence-electron chi connectivity index (χ4n) is 6.28. The Bertz CT molecular complexity index is 2350. The van der Waals surface area contributed by atoms with Crippen LogP contribution in [-0.4, -0.2) is 14.5 Å². The molecule has 0 spiro atoms. The van der Waals surface area contributed by atoms with Crippen molar-refractivity contribution in [1.29, 1.82) is 0 Å². The van der Waals surface area contributed by atoms with Crippen molar-refractivity contribution < 1.29 is 21.1 Å². The SMILES string of the molecule is Cn1c(-c2[c-]c(-c3cc(C(C)(C)C)cc4cccnc34)ccc2)nc2c(-c3cccc4c3[n-]c3ccccc34)cccc21.[Pt+2]. The van der Waals surface area contributed by atoms with Crippen molar-refractivity contribution in [3.8, 4) is 33.6 Å². The van der Waals surface area contributed by atoms with Crippen molar-refractivity contribution in [3.63, 3.8) is 0 Å². The van der Waals surface area contributed by atoms with E-state index >= 15 is 0 Å². The summed E-state index contributed by atoms with van der Waals surface area (Å²) < 4.78 is 2.17. The van der Waals surface area contributed by atoms with Crippen molar-refractivity contribution >= 4 is 43.7 Å². The molecule has 5 heteroatoms. The van der Waals surface area contributed by atoms with E-state index in [1.165, 1.54) is 16.3 Å². The van der Waals surface area contributed by atoms with Gasteiger partial charge >= 0.3 is 21.1 Å². The van der Waals surface area contributed by atoms with Gasteiger partial charge in [-0.2, -0.15) is 0 Å². The Morgan fingerprint density at radius 1 is 0.705 bits per heavy atom. The second-order valence-electron chi connectivity index (χ2n) is 12.3. The van der Waals surface area contributed by atoms with E-state index in [-0.39, 0.29) is 26.5 Å². The van der Waals surface area contributed by atoms with Gasteiger partial charge in [0, 0.05) is 24.3 Å². The van der Waals surface area contributed by atoms with Gasteiger partial charge in [0.15, 0.2) is 0 Å². The summed E-state index contributed by atoms with van der Waals surface area (Å²) in [5.41, 5.74) is 11.5. The van der Waals surface area contributed by atoms with Crippen LogP contribution < -0.4 is 4.98 Å². The van der Waals surface area contributed by atoms with E-state index in [9.17, 15) is 0 Å². The van der Waals surface area contributed by atoms with Crippen LogP contribution >= 0.6 is 0 Å². The Morgan fingerprint density at radius 2 is 1.45 bits per heavy atom. The number of benzene rings is 5. The molecule has 0 atom stereocenters. The van der Waals surface area contributed by atoms with Gasteiger partial charge in [-0.15, -0.1) is 40.9 Å². The van der Waals surface area contributed by atoms with Crippen LogP contribution in [0.1, 0.15) is 26.3 Å². The second kappa shape index (κ2) is 10.6. The third-order valence-corrected chi connectivity index (χ3v) is 8.56. The molecule has 0 amide bonds. The van der Waals surface area contributed by atoms with Gasteiger partial charge in [0.2, 0.25) is 0 Å². The third kappa shape index (κ3) is 4.48. The molecule has 3 aromatic heterocycles. The first-order valence-corrected chi connectivity index (χ1v) is 14.7. The fourth-order valence-corrected chi connectivity index (χ4v) is 6.28.